The second-order valence-electron chi connectivity index (χ2n) is 4.21. The molecule has 90 valence electrons. The molecular formula is C14H10BrFN2. The molecule has 2 heterocycles. The SMILES string of the molecule is Cc1cc2nc(-c3cccc(F)c3)cn2cc1Br. The number of fused-ring (bicyclic) bond motifs is 1. The van der Waals surface area contributed by atoms with E-state index in [4.69, 9.17) is 0 Å². The fraction of sp³-hybridized carbons (Fsp3) is 0.0714. The van der Waals surface area contributed by atoms with Crippen LogP contribution in [0.25, 0.3) is 16.9 Å². The molecular weight excluding hydrogens is 295 g/mol. The van der Waals surface area contributed by atoms with Gasteiger partial charge in [-0.05, 0) is 46.6 Å². The number of halogens is 2. The van der Waals surface area contributed by atoms with E-state index in [2.05, 4.69) is 20.9 Å². The van der Waals surface area contributed by atoms with Gasteiger partial charge in [-0.2, -0.15) is 0 Å². The quantitative estimate of drug-likeness (QED) is 0.658. The molecule has 2 nitrogen and oxygen atoms in total. The number of hydrogen-bond acceptors (Lipinski definition) is 1. The van der Waals surface area contributed by atoms with Crippen molar-refractivity contribution in [2.45, 2.75) is 6.92 Å². The van der Waals surface area contributed by atoms with E-state index in [1.807, 2.05) is 35.9 Å². The van der Waals surface area contributed by atoms with Crippen molar-refractivity contribution in [2.24, 2.45) is 0 Å². The minimum Gasteiger partial charge on any atom is -0.305 e. The summed E-state index contributed by atoms with van der Waals surface area (Å²) in [6.07, 6.45) is 3.86. The second kappa shape index (κ2) is 4.21. The number of rotatable bonds is 1. The molecule has 0 saturated heterocycles. The van der Waals surface area contributed by atoms with Gasteiger partial charge in [0, 0.05) is 22.4 Å². The van der Waals surface area contributed by atoms with Crippen LogP contribution >= 0.6 is 15.9 Å². The van der Waals surface area contributed by atoms with Crippen LogP contribution in [-0.2, 0) is 0 Å². The Bertz CT molecular complexity index is 695. The molecule has 3 rings (SSSR count). The van der Waals surface area contributed by atoms with Crippen molar-refractivity contribution >= 4 is 21.6 Å². The fourth-order valence-corrected chi connectivity index (χ4v) is 2.23. The van der Waals surface area contributed by atoms with E-state index < -0.39 is 0 Å². The maximum atomic E-state index is 13.2. The van der Waals surface area contributed by atoms with Crippen LogP contribution in [0.15, 0.2) is 47.2 Å². The van der Waals surface area contributed by atoms with Gasteiger partial charge in [-0.15, -0.1) is 0 Å². The van der Waals surface area contributed by atoms with Gasteiger partial charge in [0.1, 0.15) is 11.5 Å². The van der Waals surface area contributed by atoms with Crippen molar-refractivity contribution in [3.63, 3.8) is 0 Å². The predicted octanol–water partition coefficient (Wildman–Crippen LogP) is 4.21. The van der Waals surface area contributed by atoms with Crippen molar-refractivity contribution in [1.82, 2.24) is 9.38 Å². The van der Waals surface area contributed by atoms with E-state index in [-0.39, 0.29) is 5.82 Å². The lowest BCUT2D eigenvalue weighted by Gasteiger charge is -1.98. The zero-order valence-electron chi connectivity index (χ0n) is 9.69. The molecule has 1 aromatic carbocycles. The van der Waals surface area contributed by atoms with E-state index in [1.54, 1.807) is 6.07 Å². The van der Waals surface area contributed by atoms with Crippen molar-refractivity contribution in [1.29, 1.82) is 0 Å². The summed E-state index contributed by atoms with van der Waals surface area (Å²) >= 11 is 3.48. The zero-order chi connectivity index (χ0) is 12.7. The Morgan fingerprint density at radius 1 is 1.22 bits per heavy atom. The van der Waals surface area contributed by atoms with Gasteiger partial charge in [0.2, 0.25) is 0 Å². The highest BCUT2D eigenvalue weighted by Gasteiger charge is 2.06. The van der Waals surface area contributed by atoms with Crippen LogP contribution in [0.1, 0.15) is 5.56 Å². The number of benzene rings is 1. The van der Waals surface area contributed by atoms with Crippen LogP contribution < -0.4 is 0 Å². The molecule has 4 heteroatoms. The number of aromatic nitrogens is 2. The topological polar surface area (TPSA) is 17.3 Å². The van der Waals surface area contributed by atoms with Gasteiger partial charge < -0.3 is 4.40 Å². The molecule has 0 radical (unpaired) electrons. The molecule has 3 aromatic rings. The summed E-state index contributed by atoms with van der Waals surface area (Å²) in [5.41, 5.74) is 3.54. The van der Waals surface area contributed by atoms with E-state index in [0.717, 1.165) is 26.9 Å². The van der Waals surface area contributed by atoms with Crippen molar-refractivity contribution in [3.05, 3.63) is 58.6 Å². The van der Waals surface area contributed by atoms with Crippen LogP contribution in [-0.4, -0.2) is 9.38 Å². The average molecular weight is 305 g/mol. The first-order valence-electron chi connectivity index (χ1n) is 5.54. The van der Waals surface area contributed by atoms with Gasteiger partial charge >= 0.3 is 0 Å². The van der Waals surface area contributed by atoms with Gasteiger partial charge in [-0.25, -0.2) is 9.37 Å². The van der Waals surface area contributed by atoms with Gasteiger partial charge in [0.05, 0.1) is 5.69 Å². The first-order chi connectivity index (χ1) is 8.63. The summed E-state index contributed by atoms with van der Waals surface area (Å²) in [5.74, 6) is -0.248. The Kier molecular flexibility index (Phi) is 2.67. The smallest absolute Gasteiger partial charge is 0.137 e. The number of imidazole rings is 1. The number of pyridine rings is 1. The van der Waals surface area contributed by atoms with E-state index >= 15 is 0 Å². The molecule has 0 fully saturated rings. The number of nitrogens with zero attached hydrogens (tertiary/aromatic N) is 2. The molecule has 2 aromatic heterocycles. The Balaban J connectivity index is 2.19. The lowest BCUT2D eigenvalue weighted by Crippen LogP contribution is -1.85. The Morgan fingerprint density at radius 3 is 2.83 bits per heavy atom. The van der Waals surface area contributed by atoms with Gasteiger partial charge in [-0.1, -0.05) is 12.1 Å². The maximum Gasteiger partial charge on any atom is 0.137 e. The molecule has 0 aliphatic heterocycles. The standard InChI is InChI=1S/C14H10BrFN2/c1-9-5-14-17-13(8-18(14)7-12(9)15)10-3-2-4-11(16)6-10/h2-8H,1H3. The predicted molar refractivity (Wildman–Crippen MR) is 73.0 cm³/mol. The van der Waals surface area contributed by atoms with Gasteiger partial charge in [-0.3, -0.25) is 0 Å². The molecule has 0 aliphatic carbocycles. The van der Waals surface area contributed by atoms with Crippen LogP contribution in [0.3, 0.4) is 0 Å². The summed E-state index contributed by atoms with van der Waals surface area (Å²) in [6.45, 7) is 2.01. The largest absolute Gasteiger partial charge is 0.305 e. The van der Waals surface area contributed by atoms with Crippen molar-refractivity contribution < 1.29 is 4.39 Å². The Labute approximate surface area is 112 Å². The Hall–Kier alpha value is -1.68. The summed E-state index contributed by atoms with van der Waals surface area (Å²) in [6, 6.07) is 8.46. The molecule has 0 aliphatic rings. The van der Waals surface area contributed by atoms with Gasteiger partial charge in [0.15, 0.2) is 0 Å². The minimum absolute atomic E-state index is 0.248. The third kappa shape index (κ3) is 1.93. The van der Waals surface area contributed by atoms with Crippen LogP contribution in [0.5, 0.6) is 0 Å². The fourth-order valence-electron chi connectivity index (χ4n) is 1.89. The molecule has 0 spiro atoms. The molecule has 0 atom stereocenters. The Morgan fingerprint density at radius 2 is 2.06 bits per heavy atom. The van der Waals surface area contributed by atoms with E-state index in [1.165, 1.54) is 12.1 Å². The first kappa shape index (κ1) is 11.4. The van der Waals surface area contributed by atoms with Crippen LogP contribution in [0.4, 0.5) is 4.39 Å². The highest BCUT2D eigenvalue weighted by Crippen LogP contribution is 2.23. The third-order valence-corrected chi connectivity index (χ3v) is 3.69. The van der Waals surface area contributed by atoms with Crippen LogP contribution in [0.2, 0.25) is 0 Å². The molecule has 0 N–H and O–H groups in total. The second-order valence-corrected chi connectivity index (χ2v) is 5.06. The van der Waals surface area contributed by atoms with Crippen molar-refractivity contribution in [2.75, 3.05) is 0 Å². The maximum absolute atomic E-state index is 13.2. The molecule has 0 bridgehead atoms. The van der Waals surface area contributed by atoms with Crippen LogP contribution in [0, 0.1) is 12.7 Å². The minimum atomic E-state index is -0.248. The number of hydrogen-bond donors (Lipinski definition) is 0. The summed E-state index contributed by atoms with van der Waals surface area (Å²) in [5, 5.41) is 0. The molecule has 18 heavy (non-hydrogen) atoms. The highest BCUT2D eigenvalue weighted by molar-refractivity contribution is 9.10. The molecule has 0 saturated carbocycles. The monoisotopic (exact) mass is 304 g/mol. The van der Waals surface area contributed by atoms with E-state index in [0.29, 0.717) is 0 Å². The zero-order valence-corrected chi connectivity index (χ0v) is 11.3. The normalized spacial score (nSPS) is 11.1. The average Bonchev–Trinajstić information content (AvgIpc) is 2.73. The third-order valence-electron chi connectivity index (χ3n) is 2.86. The lowest BCUT2D eigenvalue weighted by molar-refractivity contribution is 0.628. The summed E-state index contributed by atoms with van der Waals surface area (Å²) in [7, 11) is 0. The summed E-state index contributed by atoms with van der Waals surface area (Å²) in [4.78, 5) is 4.50. The lowest BCUT2D eigenvalue weighted by atomic mass is 10.2. The van der Waals surface area contributed by atoms with Gasteiger partial charge in [0.25, 0.3) is 0 Å². The molecule has 0 unspecified atom stereocenters. The van der Waals surface area contributed by atoms with E-state index in [9.17, 15) is 4.39 Å². The number of aryl methyl sites for hydroxylation is 1. The summed E-state index contributed by atoms with van der Waals surface area (Å²) < 4.78 is 16.1. The first-order valence-corrected chi connectivity index (χ1v) is 6.33. The highest BCUT2D eigenvalue weighted by atomic mass is 79.9. The van der Waals surface area contributed by atoms with Crippen molar-refractivity contribution in [3.8, 4) is 11.3 Å². The molecule has 0 amide bonds.